The quantitative estimate of drug-likeness (QED) is 0.924. The number of hydrogen-bond acceptors (Lipinski definition) is 3. The maximum Gasteiger partial charge on any atom is 0.416 e. The fraction of sp³-hybridized carbons (Fsp3) is 0.500. The number of carbonyl (C=O) groups excluding carboxylic acids is 2. The van der Waals surface area contributed by atoms with E-state index in [1.54, 1.807) is 0 Å². The van der Waals surface area contributed by atoms with Gasteiger partial charge in [0.25, 0.3) is 0 Å². The van der Waals surface area contributed by atoms with Crippen LogP contribution in [0.3, 0.4) is 0 Å². The number of carbonyl (C=O) groups is 2. The Labute approximate surface area is 130 Å². The normalized spacial score (nSPS) is 29.5. The molecule has 2 aliphatic rings. The highest BCUT2D eigenvalue weighted by Gasteiger charge is 2.51. The molecule has 2 saturated carbocycles. The molecule has 2 fully saturated rings. The Kier molecular flexibility index (Phi) is 3.82. The average Bonchev–Trinajstić information content (AvgIpc) is 3.07. The molecule has 1 aromatic carbocycles. The van der Waals surface area contributed by atoms with Gasteiger partial charge in [0.1, 0.15) is 0 Å². The van der Waals surface area contributed by atoms with Crippen LogP contribution in [0.15, 0.2) is 24.3 Å². The summed E-state index contributed by atoms with van der Waals surface area (Å²) in [5.41, 5.74) is -0.843. The van der Waals surface area contributed by atoms with E-state index < -0.39 is 35.5 Å². The van der Waals surface area contributed by atoms with Gasteiger partial charge < -0.3 is 15.2 Å². The summed E-state index contributed by atoms with van der Waals surface area (Å²) in [7, 11) is 0. The Balaban J connectivity index is 1.78. The summed E-state index contributed by atoms with van der Waals surface area (Å²) >= 11 is 0. The van der Waals surface area contributed by atoms with E-state index in [2.05, 4.69) is 5.32 Å². The summed E-state index contributed by atoms with van der Waals surface area (Å²) in [6.07, 6.45) is -2.30. The molecule has 1 aromatic rings. The van der Waals surface area contributed by atoms with E-state index >= 15 is 0 Å². The first-order chi connectivity index (χ1) is 10.8. The maximum atomic E-state index is 12.7. The van der Waals surface area contributed by atoms with Gasteiger partial charge in [-0.2, -0.15) is 13.2 Å². The van der Waals surface area contributed by atoms with E-state index in [4.69, 9.17) is 0 Å². The van der Waals surface area contributed by atoms with E-state index in [0.717, 1.165) is 25.0 Å². The second-order valence-electron chi connectivity index (χ2n) is 6.27. The van der Waals surface area contributed by atoms with E-state index in [9.17, 15) is 27.9 Å². The van der Waals surface area contributed by atoms with Gasteiger partial charge in [0.2, 0.25) is 5.91 Å². The number of rotatable bonds is 3. The smallest absolute Gasteiger partial charge is 0.416 e. The molecule has 0 unspecified atom stereocenters. The fourth-order valence-electron chi connectivity index (χ4n) is 4.01. The second kappa shape index (κ2) is 5.54. The van der Waals surface area contributed by atoms with Crippen molar-refractivity contribution >= 4 is 17.6 Å². The third-order valence-electron chi connectivity index (χ3n) is 4.95. The van der Waals surface area contributed by atoms with Crippen LogP contribution in [0.25, 0.3) is 0 Å². The zero-order valence-electron chi connectivity index (χ0n) is 12.1. The molecule has 7 heteroatoms. The number of hydrogen-bond donors (Lipinski definition) is 1. The standard InChI is InChI=1S/C16H16F3NO3/c17-16(18,19)10-2-1-3-11(7-10)20-14(21)12-8-4-5-9(6-8)13(12)15(22)23/h1-3,7-9,12-13H,4-6H2,(H,20,21)(H,22,23)/p-1/t8-,9+,12-,13+/m1/s1. The van der Waals surface area contributed by atoms with Crippen LogP contribution in [0.4, 0.5) is 18.9 Å². The van der Waals surface area contributed by atoms with Crippen molar-refractivity contribution in [2.75, 3.05) is 5.32 Å². The van der Waals surface area contributed by atoms with Crippen LogP contribution in [0.2, 0.25) is 0 Å². The number of alkyl halides is 3. The Hall–Kier alpha value is -2.05. The highest BCUT2D eigenvalue weighted by atomic mass is 19.4. The van der Waals surface area contributed by atoms with E-state index in [0.29, 0.717) is 6.42 Å². The number of benzene rings is 1. The third-order valence-corrected chi connectivity index (χ3v) is 4.95. The molecule has 4 atom stereocenters. The molecule has 1 amide bonds. The lowest BCUT2D eigenvalue weighted by molar-refractivity contribution is -0.314. The summed E-state index contributed by atoms with van der Waals surface area (Å²) < 4.78 is 38.1. The number of aliphatic carboxylic acids is 1. The van der Waals surface area contributed by atoms with Gasteiger partial charge >= 0.3 is 6.18 Å². The lowest BCUT2D eigenvalue weighted by atomic mass is 9.78. The SMILES string of the molecule is O=C(Nc1cccc(C(F)(F)F)c1)[C@@H]1[C@@H]2CC[C@@H](C2)[C@@H]1C(=O)[O-]. The van der Waals surface area contributed by atoms with Crippen LogP contribution in [-0.2, 0) is 15.8 Å². The largest absolute Gasteiger partial charge is 0.550 e. The van der Waals surface area contributed by atoms with Crippen LogP contribution in [0.1, 0.15) is 24.8 Å². The van der Waals surface area contributed by atoms with Gasteiger partial charge in [-0.1, -0.05) is 6.07 Å². The van der Waals surface area contributed by atoms with Gasteiger partial charge in [-0.05, 0) is 49.3 Å². The molecule has 0 aliphatic heterocycles. The van der Waals surface area contributed by atoms with Crippen molar-refractivity contribution in [3.05, 3.63) is 29.8 Å². The minimum atomic E-state index is -4.50. The topological polar surface area (TPSA) is 69.2 Å². The van der Waals surface area contributed by atoms with Gasteiger partial charge in [0.05, 0.1) is 5.56 Å². The summed E-state index contributed by atoms with van der Waals surface area (Å²) in [6.45, 7) is 0. The Bertz CT molecular complexity index is 644. The lowest BCUT2D eigenvalue weighted by Gasteiger charge is -2.30. The molecule has 0 heterocycles. The van der Waals surface area contributed by atoms with E-state index in [-0.39, 0.29) is 17.5 Å². The van der Waals surface area contributed by atoms with Crippen molar-refractivity contribution in [3.63, 3.8) is 0 Å². The van der Waals surface area contributed by atoms with Crippen LogP contribution < -0.4 is 10.4 Å². The molecule has 23 heavy (non-hydrogen) atoms. The van der Waals surface area contributed by atoms with Gasteiger partial charge in [0, 0.05) is 23.5 Å². The van der Waals surface area contributed by atoms with Crippen molar-refractivity contribution in [2.45, 2.75) is 25.4 Å². The number of fused-ring (bicyclic) bond motifs is 2. The first kappa shape index (κ1) is 15.8. The molecular formula is C16H15F3NO3-. The molecule has 0 spiro atoms. The number of amides is 1. The predicted octanol–water partition coefficient (Wildman–Crippen LogP) is 2.06. The van der Waals surface area contributed by atoms with Gasteiger partial charge in [-0.3, -0.25) is 4.79 Å². The summed E-state index contributed by atoms with van der Waals surface area (Å²) in [6, 6.07) is 4.32. The molecule has 124 valence electrons. The Morgan fingerprint density at radius 2 is 1.78 bits per heavy atom. The molecule has 2 aliphatic carbocycles. The summed E-state index contributed by atoms with van der Waals surface area (Å²) in [5, 5.41) is 13.7. The van der Waals surface area contributed by atoms with Gasteiger partial charge in [0.15, 0.2) is 0 Å². The molecule has 2 bridgehead atoms. The van der Waals surface area contributed by atoms with Crippen molar-refractivity contribution in [1.82, 2.24) is 0 Å². The highest BCUT2D eigenvalue weighted by molar-refractivity contribution is 5.95. The number of carboxylic acid groups (broad SMARTS) is 1. The van der Waals surface area contributed by atoms with Crippen molar-refractivity contribution in [2.24, 2.45) is 23.7 Å². The van der Waals surface area contributed by atoms with E-state index in [1.807, 2.05) is 0 Å². The first-order valence-corrected chi connectivity index (χ1v) is 7.46. The number of halogens is 3. The lowest BCUT2D eigenvalue weighted by Crippen LogP contribution is -2.43. The monoisotopic (exact) mass is 326 g/mol. The molecule has 4 nitrogen and oxygen atoms in total. The van der Waals surface area contributed by atoms with E-state index in [1.165, 1.54) is 12.1 Å². The minimum absolute atomic E-state index is 0.0182. The van der Waals surface area contributed by atoms with Crippen LogP contribution in [0.5, 0.6) is 0 Å². The predicted molar refractivity (Wildman–Crippen MR) is 72.9 cm³/mol. The maximum absolute atomic E-state index is 12.7. The van der Waals surface area contributed by atoms with Crippen molar-refractivity contribution in [1.29, 1.82) is 0 Å². The highest BCUT2D eigenvalue weighted by Crippen LogP contribution is 2.52. The van der Waals surface area contributed by atoms with Crippen molar-refractivity contribution < 1.29 is 27.9 Å². The number of anilines is 1. The fourth-order valence-corrected chi connectivity index (χ4v) is 4.01. The molecule has 3 rings (SSSR count). The molecule has 0 aromatic heterocycles. The average molecular weight is 326 g/mol. The molecule has 1 N–H and O–H groups in total. The van der Waals surface area contributed by atoms with Crippen LogP contribution in [-0.4, -0.2) is 11.9 Å². The number of carboxylic acids is 1. The van der Waals surface area contributed by atoms with Gasteiger partial charge in [-0.15, -0.1) is 0 Å². The first-order valence-electron chi connectivity index (χ1n) is 7.46. The summed E-state index contributed by atoms with van der Waals surface area (Å²) in [4.78, 5) is 23.7. The molecule has 0 radical (unpaired) electrons. The van der Waals surface area contributed by atoms with Crippen LogP contribution >= 0.6 is 0 Å². The minimum Gasteiger partial charge on any atom is -0.550 e. The van der Waals surface area contributed by atoms with Crippen LogP contribution in [0, 0.1) is 23.7 Å². The zero-order chi connectivity index (χ0) is 16.8. The Morgan fingerprint density at radius 3 is 2.39 bits per heavy atom. The molecule has 0 saturated heterocycles. The number of nitrogens with one attached hydrogen (secondary N) is 1. The summed E-state index contributed by atoms with van der Waals surface area (Å²) in [5.74, 6) is -3.46. The zero-order valence-corrected chi connectivity index (χ0v) is 12.1. The third kappa shape index (κ3) is 2.92. The second-order valence-corrected chi connectivity index (χ2v) is 6.27. The van der Waals surface area contributed by atoms with Gasteiger partial charge in [-0.25, -0.2) is 0 Å². The Morgan fingerprint density at radius 1 is 1.13 bits per heavy atom. The van der Waals surface area contributed by atoms with Crippen molar-refractivity contribution in [3.8, 4) is 0 Å². The molecular weight excluding hydrogens is 311 g/mol.